The number of nitrogens with zero attached hydrogens (tertiary/aromatic N) is 3. The minimum absolute atomic E-state index is 0.00270. The van der Waals surface area contributed by atoms with Crippen LogP contribution >= 0.6 is 11.6 Å². The number of carbonyl (C=O) groups is 1. The van der Waals surface area contributed by atoms with Gasteiger partial charge in [-0.05, 0) is 68.4 Å². The van der Waals surface area contributed by atoms with Gasteiger partial charge >= 0.3 is 6.09 Å². The molecule has 3 aliphatic rings. The van der Waals surface area contributed by atoms with E-state index in [1.165, 1.54) is 38.5 Å². The molecule has 8 nitrogen and oxygen atoms in total. The maximum Gasteiger partial charge on any atom is 0.411 e. The first-order valence-corrected chi connectivity index (χ1v) is 12.2. The number of allylic oxidation sites excluding steroid dienone is 1. The molecule has 4 N–H and O–H groups in total. The third-order valence-electron chi connectivity index (χ3n) is 7.04. The molecule has 9 heteroatoms. The number of ether oxygens (including phenoxy) is 1. The second kappa shape index (κ2) is 9.25. The molecule has 2 saturated carbocycles. The number of anilines is 2. The number of halogens is 1. The number of amides is 1. The molecule has 1 unspecified atom stereocenters. The predicted molar refractivity (Wildman–Crippen MR) is 133 cm³/mol. The summed E-state index contributed by atoms with van der Waals surface area (Å²) in [4.78, 5) is 22.9. The number of nitrogens with two attached hydrogens (primary N) is 1. The van der Waals surface area contributed by atoms with Crippen molar-refractivity contribution in [2.24, 2.45) is 23.5 Å². The summed E-state index contributed by atoms with van der Waals surface area (Å²) in [5.74, 6) is 1.90. The maximum atomic E-state index is 11.2. The molecule has 1 aromatic heterocycles. The summed E-state index contributed by atoms with van der Waals surface area (Å²) < 4.78 is 4.79. The van der Waals surface area contributed by atoms with Gasteiger partial charge in [-0.1, -0.05) is 29.8 Å². The first-order valence-electron chi connectivity index (χ1n) is 11.8. The average Bonchev–Trinajstić information content (AvgIpc) is 3.60. The fourth-order valence-electron chi connectivity index (χ4n) is 5.14. The molecule has 1 atom stereocenters. The molecule has 34 heavy (non-hydrogen) atoms. The number of hydrogen-bond acceptors (Lipinski definition) is 7. The van der Waals surface area contributed by atoms with E-state index in [9.17, 15) is 4.79 Å². The van der Waals surface area contributed by atoms with Gasteiger partial charge in [-0.2, -0.15) is 0 Å². The Morgan fingerprint density at radius 2 is 2.03 bits per heavy atom. The maximum absolute atomic E-state index is 11.2. The number of aromatic nitrogens is 2. The summed E-state index contributed by atoms with van der Waals surface area (Å²) in [5, 5.41) is 12.3. The summed E-state index contributed by atoms with van der Waals surface area (Å²) in [6, 6.07) is 7.48. The molecule has 2 aromatic rings. The standard InChI is InChI=1S/C25H29ClN6O2/c1-2-14-6-8-15(9-7-14)13-32-20-19(17-4-3-5-18(26)12-17)29-23(21(27)34-25(28)33)30-22(20)31-24(32)16-10-11-16/h2-5,12,14-16,24,27H,1,6-11,13H2,(H2,28,33)(H,29,30,31). The second-order valence-electron chi connectivity index (χ2n) is 9.45. The van der Waals surface area contributed by atoms with Crippen molar-refractivity contribution in [2.75, 3.05) is 16.8 Å². The topological polar surface area (TPSA) is 117 Å². The van der Waals surface area contributed by atoms with Crippen LogP contribution in [0.3, 0.4) is 0 Å². The lowest BCUT2D eigenvalue weighted by atomic mass is 9.82. The van der Waals surface area contributed by atoms with E-state index in [0.717, 1.165) is 17.8 Å². The molecule has 2 aliphatic carbocycles. The molecule has 5 rings (SSSR count). The van der Waals surface area contributed by atoms with Gasteiger partial charge in [0.2, 0.25) is 5.82 Å². The van der Waals surface area contributed by atoms with Gasteiger partial charge in [-0.15, -0.1) is 6.58 Å². The monoisotopic (exact) mass is 480 g/mol. The van der Waals surface area contributed by atoms with E-state index in [-0.39, 0.29) is 12.0 Å². The van der Waals surface area contributed by atoms with Crippen molar-refractivity contribution in [1.29, 1.82) is 5.41 Å². The van der Waals surface area contributed by atoms with Crippen molar-refractivity contribution < 1.29 is 9.53 Å². The molecule has 1 aromatic carbocycles. The zero-order valence-electron chi connectivity index (χ0n) is 19.0. The zero-order valence-corrected chi connectivity index (χ0v) is 19.7. The normalized spacial score (nSPS) is 23.7. The Kier molecular flexibility index (Phi) is 6.16. The summed E-state index contributed by atoms with van der Waals surface area (Å²) in [6.45, 7) is 4.89. The van der Waals surface area contributed by atoms with E-state index in [0.29, 0.717) is 34.3 Å². The van der Waals surface area contributed by atoms with Crippen molar-refractivity contribution in [2.45, 2.75) is 44.7 Å². The van der Waals surface area contributed by atoms with Gasteiger partial charge in [0.1, 0.15) is 17.5 Å². The van der Waals surface area contributed by atoms with E-state index in [2.05, 4.69) is 32.8 Å². The van der Waals surface area contributed by atoms with E-state index < -0.39 is 12.0 Å². The van der Waals surface area contributed by atoms with Crippen LogP contribution < -0.4 is 16.0 Å². The Morgan fingerprint density at radius 1 is 1.26 bits per heavy atom. The Morgan fingerprint density at radius 3 is 2.68 bits per heavy atom. The van der Waals surface area contributed by atoms with Crippen molar-refractivity contribution in [3.63, 3.8) is 0 Å². The van der Waals surface area contributed by atoms with E-state index in [1.807, 2.05) is 24.3 Å². The molecule has 0 radical (unpaired) electrons. The van der Waals surface area contributed by atoms with E-state index in [1.54, 1.807) is 0 Å². The van der Waals surface area contributed by atoms with Gasteiger partial charge in [-0.3, -0.25) is 5.41 Å². The molecular weight excluding hydrogens is 452 g/mol. The zero-order chi connectivity index (χ0) is 23.8. The van der Waals surface area contributed by atoms with Crippen molar-refractivity contribution in [3.8, 4) is 11.3 Å². The molecular formula is C25H29ClN6O2. The minimum Gasteiger partial charge on any atom is -0.388 e. The highest BCUT2D eigenvalue weighted by Gasteiger charge is 2.43. The van der Waals surface area contributed by atoms with Crippen LogP contribution in [0.15, 0.2) is 36.9 Å². The number of primary amides is 1. The van der Waals surface area contributed by atoms with Crippen LogP contribution in [0, 0.1) is 23.2 Å². The lowest BCUT2D eigenvalue weighted by Crippen LogP contribution is -2.41. The quantitative estimate of drug-likeness (QED) is 0.298. The average molecular weight is 481 g/mol. The number of hydrogen-bond donors (Lipinski definition) is 3. The van der Waals surface area contributed by atoms with Gasteiger partial charge in [-0.25, -0.2) is 14.8 Å². The number of carbonyl (C=O) groups excluding carboxylic acids is 1. The van der Waals surface area contributed by atoms with E-state index >= 15 is 0 Å². The number of rotatable bonds is 6. The molecule has 178 valence electrons. The molecule has 0 saturated heterocycles. The highest BCUT2D eigenvalue weighted by Crippen LogP contribution is 2.48. The van der Waals surface area contributed by atoms with E-state index in [4.69, 9.17) is 27.5 Å². The molecule has 1 aliphatic heterocycles. The van der Waals surface area contributed by atoms with Gasteiger partial charge in [0, 0.05) is 17.1 Å². The molecule has 0 spiro atoms. The van der Waals surface area contributed by atoms with Crippen LogP contribution in [0.4, 0.5) is 16.3 Å². The number of nitrogens with one attached hydrogen (secondary N) is 2. The highest BCUT2D eigenvalue weighted by atomic mass is 35.5. The van der Waals surface area contributed by atoms with Crippen LogP contribution in [-0.4, -0.2) is 34.7 Å². The third kappa shape index (κ3) is 4.59. The Balaban J connectivity index is 1.55. The van der Waals surface area contributed by atoms with Gasteiger partial charge in [0.15, 0.2) is 5.82 Å². The summed E-state index contributed by atoms with van der Waals surface area (Å²) in [5.41, 5.74) is 7.52. The minimum atomic E-state index is -1.07. The summed E-state index contributed by atoms with van der Waals surface area (Å²) >= 11 is 6.32. The molecule has 0 bridgehead atoms. The van der Waals surface area contributed by atoms with Crippen LogP contribution in [0.2, 0.25) is 5.02 Å². The SMILES string of the molecule is C=CC1CCC(CN2c3c(nc(C(=N)OC(N)=O)nc3-c3cccc(Cl)c3)NC2C2CC2)CC1. The van der Waals surface area contributed by atoms with Crippen LogP contribution in [-0.2, 0) is 4.74 Å². The van der Waals surface area contributed by atoms with Crippen LogP contribution in [0.5, 0.6) is 0 Å². The Hall–Kier alpha value is -3.13. The van der Waals surface area contributed by atoms with Gasteiger partial charge < -0.3 is 20.7 Å². The largest absolute Gasteiger partial charge is 0.411 e. The van der Waals surface area contributed by atoms with Crippen LogP contribution in [0.25, 0.3) is 11.3 Å². The first kappa shape index (κ1) is 22.7. The predicted octanol–water partition coefficient (Wildman–Crippen LogP) is 5.18. The van der Waals surface area contributed by atoms with Crippen molar-refractivity contribution in [3.05, 3.63) is 47.8 Å². The summed E-state index contributed by atoms with van der Waals surface area (Å²) in [7, 11) is 0. The van der Waals surface area contributed by atoms with Crippen molar-refractivity contribution >= 4 is 35.1 Å². The third-order valence-corrected chi connectivity index (χ3v) is 7.28. The smallest absolute Gasteiger partial charge is 0.388 e. The molecule has 1 amide bonds. The fourth-order valence-corrected chi connectivity index (χ4v) is 5.33. The van der Waals surface area contributed by atoms with Gasteiger partial charge in [0.25, 0.3) is 5.90 Å². The van der Waals surface area contributed by atoms with Gasteiger partial charge in [0.05, 0.1) is 0 Å². The second-order valence-corrected chi connectivity index (χ2v) is 9.89. The Labute approximate surface area is 204 Å². The fraction of sp³-hybridized carbons (Fsp3) is 0.440. The number of benzene rings is 1. The highest BCUT2D eigenvalue weighted by molar-refractivity contribution is 6.30. The molecule has 2 heterocycles. The number of fused-ring (bicyclic) bond motifs is 1. The summed E-state index contributed by atoms with van der Waals surface area (Å²) in [6.07, 6.45) is 8.16. The lowest BCUT2D eigenvalue weighted by molar-refractivity contribution is 0.207. The van der Waals surface area contributed by atoms with Crippen molar-refractivity contribution in [1.82, 2.24) is 9.97 Å². The Bertz CT molecular complexity index is 1130. The lowest BCUT2D eigenvalue weighted by Gasteiger charge is -2.34. The van der Waals surface area contributed by atoms with Crippen LogP contribution in [0.1, 0.15) is 44.3 Å². The first-order chi connectivity index (χ1) is 16.4. The molecule has 2 fully saturated rings.